The SMILES string of the molecule is CC(=O)NC[C@@H]1CN(c2ccc(SCc3ncon3)c(F)c2)C(=O)O1. The summed E-state index contributed by atoms with van der Waals surface area (Å²) in [6.07, 6.45) is 0.180. The van der Waals surface area contributed by atoms with Crippen LogP contribution in [0.2, 0.25) is 0 Å². The summed E-state index contributed by atoms with van der Waals surface area (Å²) in [6, 6.07) is 4.51. The molecule has 8 nitrogen and oxygen atoms in total. The van der Waals surface area contributed by atoms with E-state index in [4.69, 9.17) is 4.74 Å². The van der Waals surface area contributed by atoms with Crippen molar-refractivity contribution in [2.45, 2.75) is 23.7 Å². The van der Waals surface area contributed by atoms with Crippen molar-refractivity contribution in [2.24, 2.45) is 0 Å². The van der Waals surface area contributed by atoms with E-state index in [9.17, 15) is 14.0 Å². The number of carbonyl (C=O) groups is 2. The molecule has 1 aliphatic heterocycles. The fraction of sp³-hybridized carbons (Fsp3) is 0.333. The number of anilines is 1. The highest BCUT2D eigenvalue weighted by Gasteiger charge is 2.32. The molecule has 132 valence electrons. The molecule has 0 aliphatic carbocycles. The summed E-state index contributed by atoms with van der Waals surface area (Å²) in [5, 5.41) is 6.25. The maximum atomic E-state index is 14.3. The van der Waals surface area contributed by atoms with Crippen LogP contribution in [0.1, 0.15) is 12.7 Å². The number of halogens is 1. The highest BCUT2D eigenvalue weighted by atomic mass is 32.2. The first kappa shape index (κ1) is 17.2. The number of nitrogens with one attached hydrogen (secondary N) is 1. The number of aromatic nitrogens is 2. The highest BCUT2D eigenvalue weighted by Crippen LogP contribution is 2.29. The van der Waals surface area contributed by atoms with E-state index in [1.807, 2.05) is 0 Å². The van der Waals surface area contributed by atoms with Gasteiger partial charge in [0.15, 0.2) is 5.82 Å². The molecule has 1 saturated heterocycles. The standard InChI is InChI=1S/C15H15FN4O4S/c1-9(21)17-5-11-6-20(15(22)24-11)10-2-3-13(12(16)4-10)25-7-14-18-8-23-19-14/h2-4,8,11H,5-7H2,1H3,(H,17,21)/t11-/m1/s1. The second-order valence-electron chi connectivity index (χ2n) is 5.30. The molecule has 0 saturated carbocycles. The second kappa shape index (κ2) is 7.51. The van der Waals surface area contributed by atoms with Gasteiger partial charge < -0.3 is 14.6 Å². The van der Waals surface area contributed by atoms with Crippen molar-refractivity contribution in [3.63, 3.8) is 0 Å². The molecule has 1 N–H and O–H groups in total. The predicted octanol–water partition coefficient (Wildman–Crippen LogP) is 1.96. The smallest absolute Gasteiger partial charge is 0.414 e. The van der Waals surface area contributed by atoms with Crippen molar-refractivity contribution < 1.29 is 23.2 Å². The summed E-state index contributed by atoms with van der Waals surface area (Å²) >= 11 is 1.23. The molecular formula is C15H15FN4O4S. The molecule has 1 aliphatic rings. The molecule has 1 aromatic heterocycles. The van der Waals surface area contributed by atoms with Crippen molar-refractivity contribution in [1.29, 1.82) is 0 Å². The van der Waals surface area contributed by atoms with Gasteiger partial charge in [0.1, 0.15) is 11.9 Å². The van der Waals surface area contributed by atoms with Crippen molar-refractivity contribution in [1.82, 2.24) is 15.5 Å². The Bertz CT molecular complexity index is 771. The summed E-state index contributed by atoms with van der Waals surface area (Å²) in [6.45, 7) is 1.85. The molecule has 1 atom stereocenters. The lowest BCUT2D eigenvalue weighted by Crippen LogP contribution is -2.33. The molecule has 0 bridgehead atoms. The van der Waals surface area contributed by atoms with E-state index in [0.717, 1.165) is 0 Å². The minimum atomic E-state index is -0.568. The Balaban J connectivity index is 1.63. The third-order valence-corrected chi connectivity index (χ3v) is 4.49. The topological polar surface area (TPSA) is 97.6 Å². The molecule has 2 aromatic rings. The van der Waals surface area contributed by atoms with Gasteiger partial charge in [-0.15, -0.1) is 11.8 Å². The minimum absolute atomic E-state index is 0.205. The molecule has 2 amide bonds. The Morgan fingerprint density at radius 2 is 2.36 bits per heavy atom. The maximum absolute atomic E-state index is 14.3. The average molecular weight is 366 g/mol. The van der Waals surface area contributed by atoms with Gasteiger partial charge in [-0.25, -0.2) is 9.18 Å². The number of hydrogen-bond acceptors (Lipinski definition) is 7. The van der Waals surface area contributed by atoms with Crippen LogP contribution in [0.5, 0.6) is 0 Å². The van der Waals surface area contributed by atoms with E-state index < -0.39 is 18.0 Å². The molecule has 0 spiro atoms. The highest BCUT2D eigenvalue weighted by molar-refractivity contribution is 7.98. The number of thioether (sulfide) groups is 1. The minimum Gasteiger partial charge on any atom is -0.442 e. The summed E-state index contributed by atoms with van der Waals surface area (Å²) in [4.78, 5) is 28.5. The summed E-state index contributed by atoms with van der Waals surface area (Å²) in [5.41, 5.74) is 0.400. The zero-order chi connectivity index (χ0) is 17.8. The number of benzene rings is 1. The van der Waals surface area contributed by atoms with E-state index >= 15 is 0 Å². The van der Waals surface area contributed by atoms with Crippen LogP contribution in [-0.4, -0.2) is 41.3 Å². The van der Waals surface area contributed by atoms with Crippen molar-refractivity contribution in [3.05, 3.63) is 36.2 Å². The van der Waals surface area contributed by atoms with Gasteiger partial charge >= 0.3 is 6.09 Å². The van der Waals surface area contributed by atoms with Crippen molar-refractivity contribution in [2.75, 3.05) is 18.0 Å². The summed E-state index contributed by atoms with van der Waals surface area (Å²) < 4.78 is 24.1. The molecular weight excluding hydrogens is 351 g/mol. The normalized spacial score (nSPS) is 16.8. The van der Waals surface area contributed by atoms with Gasteiger partial charge in [-0.1, -0.05) is 5.16 Å². The Kier molecular flexibility index (Phi) is 5.17. The largest absolute Gasteiger partial charge is 0.442 e. The van der Waals surface area contributed by atoms with Crippen molar-refractivity contribution in [3.8, 4) is 0 Å². The molecule has 1 aromatic carbocycles. The van der Waals surface area contributed by atoms with Crippen LogP contribution in [0.15, 0.2) is 34.0 Å². The van der Waals surface area contributed by atoms with E-state index in [-0.39, 0.29) is 19.0 Å². The van der Waals surface area contributed by atoms with Crippen LogP contribution >= 0.6 is 11.8 Å². The van der Waals surface area contributed by atoms with Gasteiger partial charge in [-0.05, 0) is 18.2 Å². The number of ether oxygens (including phenoxy) is 1. The lowest BCUT2D eigenvalue weighted by atomic mass is 10.2. The molecule has 1 fully saturated rings. The first-order chi connectivity index (χ1) is 12.0. The number of cyclic esters (lactones) is 1. The number of carbonyl (C=O) groups excluding carboxylic acids is 2. The lowest BCUT2D eigenvalue weighted by molar-refractivity contribution is -0.119. The summed E-state index contributed by atoms with van der Waals surface area (Å²) in [7, 11) is 0. The van der Waals surface area contributed by atoms with Gasteiger partial charge in [0.2, 0.25) is 12.3 Å². The van der Waals surface area contributed by atoms with E-state index in [1.54, 1.807) is 12.1 Å². The van der Waals surface area contributed by atoms with Gasteiger partial charge in [-0.3, -0.25) is 9.69 Å². The van der Waals surface area contributed by atoms with Crippen LogP contribution in [0.4, 0.5) is 14.9 Å². The molecule has 25 heavy (non-hydrogen) atoms. The van der Waals surface area contributed by atoms with Crippen LogP contribution in [0.3, 0.4) is 0 Å². The van der Waals surface area contributed by atoms with Gasteiger partial charge in [0, 0.05) is 11.8 Å². The van der Waals surface area contributed by atoms with Gasteiger partial charge in [-0.2, -0.15) is 4.98 Å². The van der Waals surface area contributed by atoms with Crippen LogP contribution in [0.25, 0.3) is 0 Å². The number of nitrogens with zero attached hydrogens (tertiary/aromatic N) is 3. The number of hydrogen-bond donors (Lipinski definition) is 1. The fourth-order valence-electron chi connectivity index (χ4n) is 2.27. The third kappa shape index (κ3) is 4.27. The molecule has 2 heterocycles. The van der Waals surface area contributed by atoms with Crippen LogP contribution < -0.4 is 10.2 Å². The first-order valence-electron chi connectivity index (χ1n) is 7.43. The Morgan fingerprint density at radius 1 is 1.52 bits per heavy atom. The predicted molar refractivity (Wildman–Crippen MR) is 86.6 cm³/mol. The molecule has 10 heteroatoms. The van der Waals surface area contributed by atoms with Gasteiger partial charge in [0.25, 0.3) is 0 Å². The van der Waals surface area contributed by atoms with E-state index in [1.165, 1.54) is 36.0 Å². The average Bonchev–Trinajstić information content (AvgIpc) is 3.21. The Labute approximate surface area is 146 Å². The Hall–Kier alpha value is -2.62. The maximum Gasteiger partial charge on any atom is 0.414 e. The first-order valence-corrected chi connectivity index (χ1v) is 8.41. The Morgan fingerprint density at radius 3 is 3.04 bits per heavy atom. The quantitative estimate of drug-likeness (QED) is 0.781. The van der Waals surface area contributed by atoms with E-state index in [0.29, 0.717) is 22.2 Å². The lowest BCUT2D eigenvalue weighted by Gasteiger charge is -2.14. The van der Waals surface area contributed by atoms with E-state index in [2.05, 4.69) is 20.0 Å². The zero-order valence-electron chi connectivity index (χ0n) is 13.3. The third-order valence-electron chi connectivity index (χ3n) is 3.44. The van der Waals surface area contributed by atoms with Crippen molar-refractivity contribution >= 4 is 29.4 Å². The monoisotopic (exact) mass is 366 g/mol. The summed E-state index contributed by atoms with van der Waals surface area (Å²) in [5.74, 6) is 0.183. The molecule has 3 rings (SSSR count). The zero-order valence-corrected chi connectivity index (χ0v) is 14.1. The van der Waals surface area contributed by atoms with Gasteiger partial charge in [0.05, 0.1) is 24.5 Å². The van der Waals surface area contributed by atoms with Crippen LogP contribution in [0, 0.1) is 5.82 Å². The second-order valence-corrected chi connectivity index (χ2v) is 6.32. The fourth-order valence-corrected chi connectivity index (χ4v) is 3.04. The number of amides is 2. The molecule has 0 unspecified atom stereocenters. The number of rotatable bonds is 6. The van der Waals surface area contributed by atoms with Crippen LogP contribution in [-0.2, 0) is 15.3 Å². The molecule has 0 radical (unpaired) electrons.